The first-order valence-electron chi connectivity index (χ1n) is 19.4. The number of aromatic nitrogens is 1. The summed E-state index contributed by atoms with van der Waals surface area (Å²) >= 11 is 0. The van der Waals surface area contributed by atoms with Crippen molar-refractivity contribution in [3.63, 3.8) is 0 Å². The van der Waals surface area contributed by atoms with Crippen molar-refractivity contribution in [1.82, 2.24) is 25.8 Å². The molecule has 4 heterocycles. The summed E-state index contributed by atoms with van der Waals surface area (Å²) in [5.74, 6) is -3.05. The van der Waals surface area contributed by atoms with Crippen LogP contribution in [0.5, 0.6) is 5.75 Å². The SMILES string of the molecule is C=C1CCC(N2C(=O)c3cccc(OCC(=O)NCCCOCCOCCOCCCNC(=O)c4c(C)[nH]c(/C=C5\C(=O)Nc6ccc(F)cc65)c4C)c3C2=O)C(=O)N1. The molecule has 0 aliphatic carbocycles. The van der Waals surface area contributed by atoms with E-state index in [2.05, 4.69) is 32.8 Å². The number of nitrogens with zero attached hydrogens (tertiary/aromatic N) is 1. The van der Waals surface area contributed by atoms with Crippen molar-refractivity contribution in [2.45, 2.75) is 45.6 Å². The molecule has 17 heteroatoms. The maximum atomic E-state index is 13.8. The van der Waals surface area contributed by atoms with Crippen LogP contribution in [0, 0.1) is 19.7 Å². The number of rotatable bonds is 20. The van der Waals surface area contributed by atoms with Crippen LogP contribution >= 0.6 is 0 Å². The molecule has 2 aromatic carbocycles. The molecule has 1 fully saturated rings. The molecule has 0 saturated carbocycles. The molecule has 59 heavy (non-hydrogen) atoms. The van der Waals surface area contributed by atoms with E-state index in [1.54, 1.807) is 26.0 Å². The van der Waals surface area contributed by atoms with Crippen molar-refractivity contribution in [3.05, 3.63) is 93.7 Å². The quantitative estimate of drug-likeness (QED) is 0.0639. The van der Waals surface area contributed by atoms with E-state index in [1.165, 1.54) is 30.3 Å². The summed E-state index contributed by atoms with van der Waals surface area (Å²) in [4.78, 5) is 80.7. The summed E-state index contributed by atoms with van der Waals surface area (Å²) in [5.41, 5.74) is 4.42. The molecule has 16 nitrogen and oxygen atoms in total. The van der Waals surface area contributed by atoms with Crippen LogP contribution in [-0.2, 0) is 28.6 Å². The lowest BCUT2D eigenvalue weighted by Crippen LogP contribution is -2.51. The van der Waals surface area contributed by atoms with Gasteiger partial charge in [-0.1, -0.05) is 12.6 Å². The lowest BCUT2D eigenvalue weighted by atomic mass is 10.0. The highest BCUT2D eigenvalue weighted by Crippen LogP contribution is 2.35. The Labute approximate surface area is 339 Å². The average molecular weight is 815 g/mol. The van der Waals surface area contributed by atoms with Gasteiger partial charge in [0.2, 0.25) is 5.91 Å². The van der Waals surface area contributed by atoms with E-state index >= 15 is 0 Å². The number of allylic oxidation sites excluding steroid dienone is 1. The Bertz CT molecular complexity index is 2180. The summed E-state index contributed by atoms with van der Waals surface area (Å²) in [6.45, 7) is 9.94. The Morgan fingerprint density at radius 2 is 1.59 bits per heavy atom. The number of piperidine rings is 1. The van der Waals surface area contributed by atoms with Gasteiger partial charge in [-0.2, -0.15) is 0 Å². The van der Waals surface area contributed by atoms with Crippen molar-refractivity contribution < 1.29 is 52.1 Å². The van der Waals surface area contributed by atoms with Gasteiger partial charge >= 0.3 is 0 Å². The van der Waals surface area contributed by atoms with Gasteiger partial charge in [0.1, 0.15) is 17.6 Å². The summed E-state index contributed by atoms with van der Waals surface area (Å²) in [6.07, 6.45) is 3.49. The summed E-state index contributed by atoms with van der Waals surface area (Å²) in [7, 11) is 0. The van der Waals surface area contributed by atoms with Gasteiger partial charge in [-0.05, 0) is 81.5 Å². The fourth-order valence-electron chi connectivity index (χ4n) is 6.99. The van der Waals surface area contributed by atoms with Crippen molar-refractivity contribution in [2.24, 2.45) is 0 Å². The van der Waals surface area contributed by atoms with Crippen molar-refractivity contribution in [1.29, 1.82) is 0 Å². The van der Waals surface area contributed by atoms with Crippen LogP contribution in [0.3, 0.4) is 0 Å². The van der Waals surface area contributed by atoms with Gasteiger partial charge in [-0.3, -0.25) is 33.7 Å². The number of aromatic amines is 1. The number of carbonyl (C=O) groups is 6. The van der Waals surface area contributed by atoms with Crippen LogP contribution < -0.4 is 26.0 Å². The number of benzene rings is 2. The molecule has 0 bridgehead atoms. The van der Waals surface area contributed by atoms with Crippen LogP contribution in [0.2, 0.25) is 0 Å². The Morgan fingerprint density at radius 1 is 0.898 bits per heavy atom. The molecule has 3 aliphatic rings. The highest BCUT2D eigenvalue weighted by molar-refractivity contribution is 6.35. The molecule has 312 valence electrons. The van der Waals surface area contributed by atoms with E-state index in [0.29, 0.717) is 117 Å². The van der Waals surface area contributed by atoms with Crippen molar-refractivity contribution in [3.8, 4) is 5.75 Å². The summed E-state index contributed by atoms with van der Waals surface area (Å²) < 4.78 is 36.1. The van der Waals surface area contributed by atoms with Gasteiger partial charge in [-0.25, -0.2) is 4.39 Å². The largest absolute Gasteiger partial charge is 0.483 e. The van der Waals surface area contributed by atoms with E-state index < -0.39 is 35.5 Å². The second-order valence-corrected chi connectivity index (χ2v) is 14.1. The minimum atomic E-state index is -0.948. The number of halogens is 1. The standard InChI is InChI=1S/C42H47FN6O10/c1-24-9-12-33(39(52)46-24)49-41(54)28-7-4-8-34(37(28)42(49)55)59-23-35(50)44-13-5-15-56-17-19-58-20-18-57-16-6-14-45-40(53)36-25(2)32(47-26(36)3)22-30-29-21-27(43)10-11-31(29)48-38(30)51/h4,7-8,10-11,21-22,33,47H,1,5-6,9,12-20,23H2,2-3H3,(H,44,50)(H,45,53)(H,46,52)(H,48,51)/b30-22-. The number of hydrogen-bond donors (Lipinski definition) is 5. The van der Waals surface area contributed by atoms with Crippen molar-refractivity contribution >= 4 is 52.8 Å². The van der Waals surface area contributed by atoms with Gasteiger partial charge in [0.15, 0.2) is 6.61 Å². The number of carbonyl (C=O) groups excluding carboxylic acids is 6. The highest BCUT2D eigenvalue weighted by Gasteiger charge is 2.45. The summed E-state index contributed by atoms with van der Waals surface area (Å²) in [6, 6.07) is 7.71. The first kappa shape index (κ1) is 42.4. The average Bonchev–Trinajstić information content (AvgIpc) is 3.77. The molecular weight excluding hydrogens is 767 g/mol. The van der Waals surface area contributed by atoms with Crippen LogP contribution in [0.4, 0.5) is 10.1 Å². The second-order valence-electron chi connectivity index (χ2n) is 14.1. The van der Waals surface area contributed by atoms with Crippen molar-refractivity contribution in [2.75, 3.05) is 64.7 Å². The maximum Gasteiger partial charge on any atom is 0.266 e. The molecule has 3 aromatic rings. The molecule has 5 N–H and O–H groups in total. The molecule has 0 spiro atoms. The zero-order valence-corrected chi connectivity index (χ0v) is 32.9. The fraction of sp³-hybridized carbons (Fsp3) is 0.381. The molecule has 1 saturated heterocycles. The Morgan fingerprint density at radius 3 is 2.31 bits per heavy atom. The number of amides is 6. The van der Waals surface area contributed by atoms with Gasteiger partial charge in [0, 0.05) is 54.6 Å². The molecule has 0 radical (unpaired) electrons. The van der Waals surface area contributed by atoms with Crippen LogP contribution in [-0.4, -0.2) is 111 Å². The third-order valence-electron chi connectivity index (χ3n) is 9.94. The monoisotopic (exact) mass is 814 g/mol. The van der Waals surface area contributed by atoms with E-state index in [0.717, 1.165) is 4.90 Å². The van der Waals surface area contributed by atoms with Gasteiger partial charge in [-0.15, -0.1) is 0 Å². The molecule has 1 atom stereocenters. The number of fused-ring (bicyclic) bond motifs is 2. The first-order valence-corrected chi connectivity index (χ1v) is 19.4. The Hall–Kier alpha value is -6.17. The number of aryl methyl sites for hydroxylation is 1. The third kappa shape index (κ3) is 10.1. The van der Waals surface area contributed by atoms with E-state index in [9.17, 15) is 33.2 Å². The minimum Gasteiger partial charge on any atom is -0.483 e. The molecule has 1 aromatic heterocycles. The van der Waals surface area contributed by atoms with Crippen LogP contribution in [0.15, 0.2) is 48.7 Å². The molecule has 3 aliphatic heterocycles. The zero-order chi connectivity index (χ0) is 42.1. The minimum absolute atomic E-state index is 0.0293. The van der Waals surface area contributed by atoms with E-state index in [-0.39, 0.29) is 41.7 Å². The number of nitrogens with one attached hydrogen (secondary N) is 5. The van der Waals surface area contributed by atoms with Gasteiger partial charge in [0.05, 0.1) is 48.7 Å². The number of hydrogen-bond acceptors (Lipinski definition) is 10. The lowest BCUT2D eigenvalue weighted by molar-refractivity contribution is -0.125. The van der Waals surface area contributed by atoms with E-state index in [1.807, 2.05) is 0 Å². The maximum absolute atomic E-state index is 13.8. The molecular formula is C42H47FN6O10. The smallest absolute Gasteiger partial charge is 0.266 e. The predicted octanol–water partition coefficient (Wildman–Crippen LogP) is 3.41. The van der Waals surface area contributed by atoms with Gasteiger partial charge in [0.25, 0.3) is 29.5 Å². The lowest BCUT2D eigenvalue weighted by Gasteiger charge is -2.29. The first-order chi connectivity index (χ1) is 28.4. The Balaban J connectivity index is 0.778. The highest BCUT2D eigenvalue weighted by atomic mass is 19.1. The zero-order valence-electron chi connectivity index (χ0n) is 32.9. The molecule has 6 rings (SSSR count). The normalized spacial score (nSPS) is 16.6. The number of ether oxygens (including phenoxy) is 4. The molecule has 1 unspecified atom stereocenters. The van der Waals surface area contributed by atoms with Crippen LogP contribution in [0.1, 0.15) is 79.3 Å². The number of imide groups is 1. The predicted molar refractivity (Wildman–Crippen MR) is 213 cm³/mol. The fourth-order valence-corrected chi connectivity index (χ4v) is 6.99. The topological polar surface area (TPSA) is 206 Å². The van der Waals surface area contributed by atoms with Crippen LogP contribution in [0.25, 0.3) is 11.6 Å². The Kier molecular flexibility index (Phi) is 14.0. The third-order valence-corrected chi connectivity index (χ3v) is 9.94. The molecule has 6 amide bonds. The van der Waals surface area contributed by atoms with Gasteiger partial charge < -0.3 is 45.2 Å². The number of anilines is 1. The second kappa shape index (κ2) is 19.5. The number of H-pyrrole nitrogens is 1. The summed E-state index contributed by atoms with van der Waals surface area (Å²) in [5, 5.41) is 10.9. The van der Waals surface area contributed by atoms with E-state index in [4.69, 9.17) is 18.9 Å².